The summed E-state index contributed by atoms with van der Waals surface area (Å²) in [5.74, 6) is -1.18. The number of carbonyl (C=O) groups is 2. The van der Waals surface area contributed by atoms with Crippen molar-refractivity contribution in [2.75, 3.05) is 32.5 Å². The molecule has 1 heterocycles. The van der Waals surface area contributed by atoms with Gasteiger partial charge in [0.05, 0.1) is 26.4 Å². The summed E-state index contributed by atoms with van der Waals surface area (Å²) >= 11 is 0. The van der Waals surface area contributed by atoms with Crippen molar-refractivity contribution < 1.29 is 23.8 Å². The zero-order valence-corrected chi connectivity index (χ0v) is 13.8. The summed E-state index contributed by atoms with van der Waals surface area (Å²) < 4.78 is 15.2. The molecule has 0 radical (unpaired) electrons. The van der Waals surface area contributed by atoms with Gasteiger partial charge in [0.25, 0.3) is 0 Å². The maximum absolute atomic E-state index is 12.3. The van der Waals surface area contributed by atoms with Crippen molar-refractivity contribution in [1.82, 2.24) is 0 Å². The van der Waals surface area contributed by atoms with Crippen molar-refractivity contribution in [3.8, 4) is 0 Å². The van der Waals surface area contributed by atoms with Crippen LogP contribution in [0.3, 0.4) is 0 Å². The van der Waals surface area contributed by atoms with E-state index >= 15 is 0 Å². The fraction of sp³-hybridized carbons (Fsp3) is 0.412. The molecule has 0 saturated carbocycles. The molecule has 1 aromatic rings. The smallest absolute Gasteiger partial charge is 0.355 e. The van der Waals surface area contributed by atoms with Crippen LogP contribution in [-0.4, -0.2) is 39.5 Å². The van der Waals surface area contributed by atoms with E-state index < -0.39 is 11.9 Å². The van der Waals surface area contributed by atoms with Crippen LogP contribution >= 0.6 is 0 Å². The third-order valence-electron chi connectivity index (χ3n) is 3.81. The van der Waals surface area contributed by atoms with Gasteiger partial charge in [0.15, 0.2) is 0 Å². The number of nitrogens with zero attached hydrogens (tertiary/aromatic N) is 1. The molecule has 1 aliphatic rings. The first-order valence-electron chi connectivity index (χ1n) is 7.38. The maximum atomic E-state index is 12.3. The van der Waals surface area contributed by atoms with Crippen LogP contribution < -0.4 is 4.90 Å². The molecule has 0 spiro atoms. The molecule has 0 aliphatic carbocycles. The van der Waals surface area contributed by atoms with Gasteiger partial charge < -0.3 is 19.1 Å². The summed E-state index contributed by atoms with van der Waals surface area (Å²) in [4.78, 5) is 26.0. The zero-order chi connectivity index (χ0) is 17.0. The molecule has 0 unspecified atom stereocenters. The van der Waals surface area contributed by atoms with Crippen LogP contribution in [0.15, 0.2) is 29.5 Å². The summed E-state index contributed by atoms with van der Waals surface area (Å²) in [6.45, 7) is 4.17. The van der Waals surface area contributed by atoms with E-state index in [2.05, 4.69) is 0 Å². The minimum absolute atomic E-state index is 0.0148. The largest absolute Gasteiger partial charge is 0.466 e. The lowest BCUT2D eigenvalue weighted by molar-refractivity contribution is -0.140. The molecule has 23 heavy (non-hydrogen) atoms. The fourth-order valence-corrected chi connectivity index (χ4v) is 2.71. The molecule has 0 bridgehead atoms. The van der Waals surface area contributed by atoms with Crippen LogP contribution in [0, 0.1) is 6.92 Å². The van der Waals surface area contributed by atoms with Crippen molar-refractivity contribution in [3.05, 3.63) is 40.6 Å². The SMILES string of the molecule is CCc1cccc(C)c1N1COCC(C(=O)OC)=C1C(=O)OC. The van der Waals surface area contributed by atoms with Crippen LogP contribution in [0.25, 0.3) is 0 Å². The van der Waals surface area contributed by atoms with Crippen LogP contribution in [0.5, 0.6) is 0 Å². The Morgan fingerprint density at radius 2 is 1.91 bits per heavy atom. The Labute approximate surface area is 135 Å². The van der Waals surface area contributed by atoms with Crippen LogP contribution in [0.1, 0.15) is 18.1 Å². The van der Waals surface area contributed by atoms with Crippen molar-refractivity contribution in [3.63, 3.8) is 0 Å². The molecule has 6 nitrogen and oxygen atoms in total. The molecule has 0 saturated heterocycles. The number of anilines is 1. The molecule has 0 atom stereocenters. The first kappa shape index (κ1) is 17.0. The monoisotopic (exact) mass is 319 g/mol. The molecule has 0 aromatic heterocycles. The van der Waals surface area contributed by atoms with E-state index in [-0.39, 0.29) is 24.6 Å². The van der Waals surface area contributed by atoms with Crippen LogP contribution in [0.4, 0.5) is 5.69 Å². The molecule has 6 heteroatoms. The lowest BCUT2D eigenvalue weighted by Crippen LogP contribution is -2.39. The van der Waals surface area contributed by atoms with Gasteiger partial charge in [0, 0.05) is 5.69 Å². The van der Waals surface area contributed by atoms with Gasteiger partial charge in [-0.05, 0) is 24.5 Å². The standard InChI is InChI=1S/C17H21NO5/c1-5-12-8-6-7-11(2)14(12)18-10-23-9-13(16(19)21-3)15(18)17(20)22-4/h6-8H,5,9-10H2,1-4H3. The van der Waals surface area contributed by atoms with Gasteiger partial charge in [0.1, 0.15) is 12.4 Å². The predicted octanol–water partition coefficient (Wildman–Crippen LogP) is 1.95. The van der Waals surface area contributed by atoms with E-state index in [0.29, 0.717) is 0 Å². The van der Waals surface area contributed by atoms with Gasteiger partial charge >= 0.3 is 11.9 Å². The molecule has 1 aliphatic heterocycles. The Hall–Kier alpha value is -2.34. The highest BCUT2D eigenvalue weighted by molar-refractivity contribution is 6.03. The summed E-state index contributed by atoms with van der Waals surface area (Å²) in [5, 5.41) is 0. The van der Waals surface area contributed by atoms with E-state index in [1.54, 1.807) is 4.90 Å². The average molecular weight is 319 g/mol. The summed E-state index contributed by atoms with van der Waals surface area (Å²) in [5.41, 5.74) is 3.24. The van der Waals surface area contributed by atoms with Crippen LogP contribution in [-0.2, 0) is 30.2 Å². The summed E-state index contributed by atoms with van der Waals surface area (Å²) in [6.07, 6.45) is 0.787. The lowest BCUT2D eigenvalue weighted by Gasteiger charge is -2.33. The number of carbonyl (C=O) groups excluding carboxylic acids is 2. The van der Waals surface area contributed by atoms with Gasteiger partial charge in [0.2, 0.25) is 0 Å². The van der Waals surface area contributed by atoms with Gasteiger partial charge in [-0.1, -0.05) is 25.1 Å². The summed E-state index contributed by atoms with van der Waals surface area (Å²) in [7, 11) is 2.56. The second kappa shape index (κ2) is 7.28. The normalized spacial score (nSPS) is 14.7. The number of benzene rings is 1. The first-order valence-corrected chi connectivity index (χ1v) is 7.38. The topological polar surface area (TPSA) is 65.1 Å². The average Bonchev–Trinajstić information content (AvgIpc) is 2.59. The highest BCUT2D eigenvalue weighted by Crippen LogP contribution is 2.32. The second-order valence-electron chi connectivity index (χ2n) is 5.15. The third kappa shape index (κ3) is 3.22. The second-order valence-corrected chi connectivity index (χ2v) is 5.15. The first-order chi connectivity index (χ1) is 11.0. The van der Waals surface area contributed by atoms with Crippen LogP contribution in [0.2, 0.25) is 0 Å². The van der Waals surface area contributed by atoms with E-state index in [4.69, 9.17) is 14.2 Å². The minimum atomic E-state index is -0.596. The number of ether oxygens (including phenoxy) is 3. The van der Waals surface area contributed by atoms with E-state index in [1.165, 1.54) is 14.2 Å². The van der Waals surface area contributed by atoms with Gasteiger partial charge in [-0.2, -0.15) is 0 Å². The number of rotatable bonds is 4. The Morgan fingerprint density at radius 3 is 2.52 bits per heavy atom. The number of hydrogen-bond donors (Lipinski definition) is 0. The lowest BCUT2D eigenvalue weighted by atomic mass is 10.0. The number of hydrogen-bond acceptors (Lipinski definition) is 6. The highest BCUT2D eigenvalue weighted by atomic mass is 16.5. The van der Waals surface area contributed by atoms with Gasteiger partial charge in [-0.3, -0.25) is 0 Å². The Morgan fingerprint density at radius 1 is 1.22 bits per heavy atom. The molecule has 1 aromatic carbocycles. The molecule has 0 fully saturated rings. The fourth-order valence-electron chi connectivity index (χ4n) is 2.71. The van der Waals surface area contributed by atoms with E-state index in [9.17, 15) is 9.59 Å². The van der Waals surface area contributed by atoms with Crippen molar-refractivity contribution in [2.24, 2.45) is 0 Å². The predicted molar refractivity (Wildman–Crippen MR) is 84.9 cm³/mol. The number of para-hydroxylation sites is 1. The Kier molecular flexibility index (Phi) is 5.39. The Bertz CT molecular complexity index is 650. The van der Waals surface area contributed by atoms with Crippen molar-refractivity contribution >= 4 is 17.6 Å². The van der Waals surface area contributed by atoms with Crippen molar-refractivity contribution in [1.29, 1.82) is 0 Å². The van der Waals surface area contributed by atoms with Gasteiger partial charge in [-0.15, -0.1) is 0 Å². The zero-order valence-electron chi connectivity index (χ0n) is 13.8. The highest BCUT2D eigenvalue weighted by Gasteiger charge is 2.33. The molecule has 0 amide bonds. The molecule has 2 rings (SSSR count). The number of aryl methyl sites for hydroxylation is 2. The van der Waals surface area contributed by atoms with Crippen molar-refractivity contribution in [2.45, 2.75) is 20.3 Å². The molecular formula is C17H21NO5. The number of esters is 2. The quantitative estimate of drug-likeness (QED) is 0.790. The molecular weight excluding hydrogens is 298 g/mol. The third-order valence-corrected chi connectivity index (χ3v) is 3.81. The van der Waals surface area contributed by atoms with E-state index in [1.807, 2.05) is 32.0 Å². The summed E-state index contributed by atoms with van der Waals surface area (Å²) in [6, 6.07) is 5.91. The number of methoxy groups -OCH3 is 2. The molecule has 0 N–H and O–H groups in total. The van der Waals surface area contributed by atoms with Gasteiger partial charge in [-0.25, -0.2) is 9.59 Å². The van der Waals surface area contributed by atoms with E-state index in [0.717, 1.165) is 23.2 Å². The molecule has 124 valence electrons. The Balaban J connectivity index is 2.65. The minimum Gasteiger partial charge on any atom is -0.466 e. The maximum Gasteiger partial charge on any atom is 0.355 e.